The van der Waals surface area contributed by atoms with Crippen molar-refractivity contribution in [1.29, 1.82) is 0 Å². The van der Waals surface area contributed by atoms with Crippen molar-refractivity contribution in [3.8, 4) is 11.5 Å². The van der Waals surface area contributed by atoms with E-state index in [0.717, 1.165) is 6.07 Å². The quantitative estimate of drug-likeness (QED) is 0.716. The number of halogens is 2. The summed E-state index contributed by atoms with van der Waals surface area (Å²) in [7, 11) is 0. The molecule has 0 aliphatic heterocycles. The number of aromatic nitrogens is 2. The predicted molar refractivity (Wildman–Crippen MR) is 79.9 cm³/mol. The smallest absolute Gasteiger partial charge is 0.342 e. The maximum absolute atomic E-state index is 13.3. The second-order valence-corrected chi connectivity index (χ2v) is 4.94. The van der Waals surface area contributed by atoms with Crippen LogP contribution in [0.15, 0.2) is 42.5 Å². The van der Waals surface area contributed by atoms with Crippen molar-refractivity contribution in [3.63, 3.8) is 0 Å². The van der Waals surface area contributed by atoms with Crippen LogP contribution in [0.4, 0.5) is 8.78 Å². The number of aromatic hydroxyl groups is 2. The topological polar surface area (TPSA) is 84.6 Å². The van der Waals surface area contributed by atoms with Gasteiger partial charge in [-0.25, -0.2) is 9.78 Å². The molecule has 0 saturated carbocycles. The standard InChI is InChI=1S/C16H12F2N2O4/c17-16(18)20-12-4-2-1-3-11(12)19-14(20)8-24-15(23)10-6-5-9(21)7-13(10)22/h1-7,16,21-22H,8H2. The number of benzene rings is 2. The number of carbonyl (C=O) groups excluding carboxylic acids is 1. The maximum Gasteiger partial charge on any atom is 0.342 e. The van der Waals surface area contributed by atoms with E-state index in [9.17, 15) is 23.8 Å². The molecule has 6 nitrogen and oxygen atoms in total. The van der Waals surface area contributed by atoms with E-state index in [1.54, 1.807) is 18.2 Å². The highest BCUT2D eigenvalue weighted by Gasteiger charge is 2.20. The average molecular weight is 334 g/mol. The first-order chi connectivity index (χ1) is 11.5. The van der Waals surface area contributed by atoms with Gasteiger partial charge in [-0.3, -0.25) is 4.57 Å². The number of imidazole rings is 1. The fourth-order valence-electron chi connectivity index (χ4n) is 2.31. The molecule has 2 aromatic carbocycles. The summed E-state index contributed by atoms with van der Waals surface area (Å²) < 4.78 is 32.2. The third-order valence-corrected chi connectivity index (χ3v) is 3.40. The lowest BCUT2D eigenvalue weighted by Crippen LogP contribution is -2.10. The van der Waals surface area contributed by atoms with Gasteiger partial charge in [-0.1, -0.05) is 12.1 Å². The molecule has 8 heteroatoms. The van der Waals surface area contributed by atoms with Crippen LogP contribution >= 0.6 is 0 Å². The number of nitrogens with zero attached hydrogens (tertiary/aromatic N) is 2. The average Bonchev–Trinajstić information content (AvgIpc) is 2.91. The Labute approximate surface area is 134 Å². The number of esters is 1. The van der Waals surface area contributed by atoms with Gasteiger partial charge in [0.05, 0.1) is 11.0 Å². The van der Waals surface area contributed by atoms with Gasteiger partial charge < -0.3 is 14.9 Å². The van der Waals surface area contributed by atoms with Gasteiger partial charge in [0.25, 0.3) is 0 Å². The Balaban J connectivity index is 1.85. The SMILES string of the molecule is O=C(OCc1nc2ccccc2n1C(F)F)c1ccc(O)cc1O. The first-order valence-corrected chi connectivity index (χ1v) is 6.90. The summed E-state index contributed by atoms with van der Waals surface area (Å²) >= 11 is 0. The second-order valence-electron chi connectivity index (χ2n) is 4.94. The molecular weight excluding hydrogens is 322 g/mol. The monoisotopic (exact) mass is 334 g/mol. The largest absolute Gasteiger partial charge is 0.508 e. The third kappa shape index (κ3) is 2.85. The van der Waals surface area contributed by atoms with E-state index in [-0.39, 0.29) is 22.7 Å². The fourth-order valence-corrected chi connectivity index (χ4v) is 2.31. The van der Waals surface area contributed by atoms with Gasteiger partial charge in [0.15, 0.2) is 5.82 Å². The van der Waals surface area contributed by atoms with Crippen LogP contribution in [-0.2, 0) is 11.3 Å². The number of ether oxygens (including phenoxy) is 1. The van der Waals surface area contributed by atoms with Crippen molar-refractivity contribution >= 4 is 17.0 Å². The normalized spacial score (nSPS) is 11.1. The molecule has 1 heterocycles. The number of hydrogen-bond acceptors (Lipinski definition) is 5. The molecule has 0 unspecified atom stereocenters. The zero-order valence-electron chi connectivity index (χ0n) is 12.2. The Morgan fingerprint density at radius 3 is 2.67 bits per heavy atom. The van der Waals surface area contributed by atoms with Crippen molar-refractivity contribution in [2.24, 2.45) is 0 Å². The van der Waals surface area contributed by atoms with Crippen molar-refractivity contribution in [1.82, 2.24) is 9.55 Å². The van der Waals surface area contributed by atoms with Crippen molar-refractivity contribution in [3.05, 3.63) is 53.9 Å². The zero-order chi connectivity index (χ0) is 17.3. The number of rotatable bonds is 4. The molecule has 0 bridgehead atoms. The lowest BCUT2D eigenvalue weighted by molar-refractivity contribution is 0.0384. The summed E-state index contributed by atoms with van der Waals surface area (Å²) in [6.45, 7) is -3.33. The van der Waals surface area contributed by atoms with Crippen LogP contribution in [0.5, 0.6) is 11.5 Å². The highest BCUT2D eigenvalue weighted by Crippen LogP contribution is 2.25. The Hall–Kier alpha value is -3.16. The summed E-state index contributed by atoms with van der Waals surface area (Å²) in [5, 5.41) is 18.8. The highest BCUT2D eigenvalue weighted by molar-refractivity contribution is 5.92. The number of phenols is 2. The Morgan fingerprint density at radius 2 is 1.96 bits per heavy atom. The van der Waals surface area contributed by atoms with Gasteiger partial charge in [-0.15, -0.1) is 0 Å². The van der Waals surface area contributed by atoms with E-state index in [1.165, 1.54) is 18.2 Å². The van der Waals surface area contributed by atoms with Gasteiger partial charge in [-0.05, 0) is 24.3 Å². The molecule has 0 amide bonds. The molecular formula is C16H12F2N2O4. The highest BCUT2D eigenvalue weighted by atomic mass is 19.3. The second kappa shape index (κ2) is 6.15. The molecule has 0 aliphatic rings. The maximum atomic E-state index is 13.3. The van der Waals surface area contributed by atoms with Crippen LogP contribution in [0.25, 0.3) is 11.0 Å². The molecule has 0 spiro atoms. The Kier molecular flexibility index (Phi) is 4.03. The van der Waals surface area contributed by atoms with E-state index < -0.39 is 24.9 Å². The lowest BCUT2D eigenvalue weighted by atomic mass is 10.2. The first kappa shape index (κ1) is 15.7. The number of carbonyl (C=O) groups is 1. The summed E-state index contributed by atoms with van der Waals surface area (Å²) in [5.74, 6) is -1.72. The van der Waals surface area contributed by atoms with Gasteiger partial charge in [0.1, 0.15) is 23.7 Å². The molecule has 3 rings (SSSR count). The summed E-state index contributed by atoms with van der Waals surface area (Å²) in [6, 6.07) is 9.68. The molecule has 2 N–H and O–H groups in total. The van der Waals surface area contributed by atoms with E-state index in [0.29, 0.717) is 10.1 Å². The minimum Gasteiger partial charge on any atom is -0.508 e. The number of alkyl halides is 2. The molecule has 24 heavy (non-hydrogen) atoms. The molecule has 0 atom stereocenters. The van der Waals surface area contributed by atoms with Gasteiger partial charge in [0.2, 0.25) is 0 Å². The predicted octanol–water partition coefficient (Wildman–Crippen LogP) is 3.20. The Bertz CT molecular complexity index is 908. The molecule has 0 aliphatic carbocycles. The van der Waals surface area contributed by atoms with Crippen molar-refractivity contribution in [2.75, 3.05) is 0 Å². The molecule has 0 radical (unpaired) electrons. The summed E-state index contributed by atoms with van der Waals surface area (Å²) in [5.41, 5.74) is 0.398. The van der Waals surface area contributed by atoms with E-state index in [1.807, 2.05) is 0 Å². The minimum atomic E-state index is -2.84. The lowest BCUT2D eigenvalue weighted by Gasteiger charge is -2.09. The van der Waals surface area contributed by atoms with E-state index in [2.05, 4.69) is 4.98 Å². The van der Waals surface area contributed by atoms with Crippen LogP contribution in [0, 0.1) is 0 Å². The van der Waals surface area contributed by atoms with Crippen LogP contribution in [-0.4, -0.2) is 25.7 Å². The van der Waals surface area contributed by atoms with Gasteiger partial charge in [-0.2, -0.15) is 8.78 Å². The minimum absolute atomic E-state index is 0.113. The molecule has 0 fully saturated rings. The van der Waals surface area contributed by atoms with Gasteiger partial charge in [0, 0.05) is 6.07 Å². The zero-order valence-corrected chi connectivity index (χ0v) is 12.2. The molecule has 3 aromatic rings. The van der Waals surface area contributed by atoms with Crippen LogP contribution < -0.4 is 0 Å². The number of hydrogen-bond donors (Lipinski definition) is 2. The number of para-hydroxylation sites is 2. The summed E-state index contributed by atoms with van der Waals surface area (Å²) in [6.07, 6.45) is 0. The number of phenolic OH excluding ortho intramolecular Hbond substituents is 2. The van der Waals surface area contributed by atoms with Gasteiger partial charge >= 0.3 is 12.5 Å². The Morgan fingerprint density at radius 1 is 1.21 bits per heavy atom. The van der Waals surface area contributed by atoms with Crippen LogP contribution in [0.2, 0.25) is 0 Å². The fraction of sp³-hybridized carbons (Fsp3) is 0.125. The molecule has 124 valence electrons. The van der Waals surface area contributed by atoms with E-state index >= 15 is 0 Å². The van der Waals surface area contributed by atoms with Crippen LogP contribution in [0.3, 0.4) is 0 Å². The summed E-state index contributed by atoms with van der Waals surface area (Å²) in [4.78, 5) is 16.0. The molecule has 1 aromatic heterocycles. The first-order valence-electron chi connectivity index (χ1n) is 6.90. The molecule has 0 saturated heterocycles. The van der Waals surface area contributed by atoms with E-state index in [4.69, 9.17) is 4.74 Å². The van der Waals surface area contributed by atoms with Crippen molar-refractivity contribution in [2.45, 2.75) is 13.2 Å². The number of fused-ring (bicyclic) bond motifs is 1. The van der Waals surface area contributed by atoms with Crippen LogP contribution in [0.1, 0.15) is 22.7 Å². The van der Waals surface area contributed by atoms with Crippen molar-refractivity contribution < 1.29 is 28.5 Å². The third-order valence-electron chi connectivity index (χ3n) is 3.40.